The van der Waals surface area contributed by atoms with Gasteiger partial charge in [-0.2, -0.15) is 0 Å². The zero-order valence-corrected chi connectivity index (χ0v) is 20.2. The number of hydrogen-bond acceptors (Lipinski definition) is 5. The number of nitrogens with zero attached hydrogens (tertiary/aromatic N) is 1. The monoisotopic (exact) mass is 521 g/mol. The normalized spacial score (nSPS) is 14.8. The molecule has 0 radical (unpaired) electrons. The highest BCUT2D eigenvalue weighted by Gasteiger charge is 2.13. The fourth-order valence-corrected chi connectivity index (χ4v) is 3.05. The summed E-state index contributed by atoms with van der Waals surface area (Å²) in [5.41, 5.74) is 1.19. The van der Waals surface area contributed by atoms with E-state index in [1.54, 1.807) is 14.2 Å². The summed E-state index contributed by atoms with van der Waals surface area (Å²) >= 11 is 0. The molecule has 1 fully saturated rings. The van der Waals surface area contributed by atoms with Gasteiger partial charge in [0, 0.05) is 39.5 Å². The van der Waals surface area contributed by atoms with Gasteiger partial charge in [-0.25, -0.2) is 0 Å². The van der Waals surface area contributed by atoms with E-state index in [4.69, 9.17) is 18.9 Å². The van der Waals surface area contributed by atoms with E-state index in [0.29, 0.717) is 6.10 Å². The molecule has 1 aromatic carbocycles. The predicted molar refractivity (Wildman–Crippen MR) is 127 cm³/mol. The first-order valence-corrected chi connectivity index (χ1v) is 10.2. The second-order valence-corrected chi connectivity index (χ2v) is 6.66. The van der Waals surface area contributed by atoms with E-state index in [1.165, 1.54) is 5.56 Å². The third-order valence-corrected chi connectivity index (χ3v) is 4.59. The van der Waals surface area contributed by atoms with Crippen LogP contribution >= 0.6 is 24.0 Å². The molecule has 0 atom stereocenters. The maximum atomic E-state index is 5.89. The van der Waals surface area contributed by atoms with Gasteiger partial charge in [0.2, 0.25) is 0 Å². The molecule has 1 aliphatic heterocycles. The van der Waals surface area contributed by atoms with Crippen molar-refractivity contribution in [2.45, 2.75) is 38.7 Å². The number of halogens is 1. The van der Waals surface area contributed by atoms with Crippen LogP contribution in [0.2, 0.25) is 0 Å². The van der Waals surface area contributed by atoms with Crippen LogP contribution in [-0.2, 0) is 15.9 Å². The highest BCUT2D eigenvalue weighted by Crippen LogP contribution is 2.27. The Labute approximate surface area is 191 Å². The summed E-state index contributed by atoms with van der Waals surface area (Å²) in [5, 5.41) is 6.67. The Balaban J connectivity index is 0.00000420. The molecule has 1 aromatic rings. The summed E-state index contributed by atoms with van der Waals surface area (Å²) in [6.07, 6.45) is 4.15. The maximum Gasteiger partial charge on any atom is 0.191 e. The van der Waals surface area contributed by atoms with Gasteiger partial charge < -0.3 is 29.6 Å². The molecule has 8 heteroatoms. The second kappa shape index (κ2) is 15.6. The average Bonchev–Trinajstić information content (AvgIpc) is 2.74. The van der Waals surface area contributed by atoms with E-state index in [-0.39, 0.29) is 24.0 Å². The SMILES string of the molecule is CCNC(=NCCCOC1CCOCC1)NCCc1ccc(OC)c(OC)c1.I. The van der Waals surface area contributed by atoms with Gasteiger partial charge in [0.15, 0.2) is 17.5 Å². The number of rotatable bonds is 11. The fourth-order valence-electron chi connectivity index (χ4n) is 3.05. The maximum absolute atomic E-state index is 5.89. The van der Waals surface area contributed by atoms with E-state index < -0.39 is 0 Å². The lowest BCUT2D eigenvalue weighted by atomic mass is 10.1. The largest absolute Gasteiger partial charge is 0.493 e. The number of nitrogens with one attached hydrogen (secondary N) is 2. The predicted octanol–water partition coefficient (Wildman–Crippen LogP) is 3.01. The van der Waals surface area contributed by atoms with E-state index in [1.807, 2.05) is 12.1 Å². The Morgan fingerprint density at radius 2 is 1.90 bits per heavy atom. The topological polar surface area (TPSA) is 73.3 Å². The quantitative estimate of drug-likeness (QED) is 0.202. The number of methoxy groups -OCH3 is 2. The van der Waals surface area contributed by atoms with Crippen LogP contribution in [0.3, 0.4) is 0 Å². The molecule has 1 saturated heterocycles. The van der Waals surface area contributed by atoms with Crippen molar-refractivity contribution < 1.29 is 18.9 Å². The summed E-state index contributed by atoms with van der Waals surface area (Å²) in [6, 6.07) is 6.00. The van der Waals surface area contributed by atoms with E-state index in [9.17, 15) is 0 Å². The first-order chi connectivity index (χ1) is 13.8. The fraction of sp³-hybridized carbons (Fsp3) is 0.667. The van der Waals surface area contributed by atoms with Crippen LogP contribution in [0.5, 0.6) is 11.5 Å². The molecule has 2 N–H and O–H groups in total. The number of guanidine groups is 1. The Morgan fingerprint density at radius 1 is 1.14 bits per heavy atom. The molecular formula is C21H36IN3O4. The zero-order valence-electron chi connectivity index (χ0n) is 17.9. The average molecular weight is 521 g/mol. The van der Waals surface area contributed by atoms with Gasteiger partial charge in [0.05, 0.1) is 20.3 Å². The third-order valence-electron chi connectivity index (χ3n) is 4.59. The first kappa shape index (κ1) is 25.8. The number of hydrogen-bond donors (Lipinski definition) is 2. The minimum Gasteiger partial charge on any atom is -0.493 e. The van der Waals surface area contributed by atoms with Gasteiger partial charge in [0.1, 0.15) is 0 Å². The standard InChI is InChI=1S/C21H35N3O4.HI/c1-4-22-21(23-11-5-13-28-18-9-14-27-15-10-18)24-12-8-17-6-7-19(25-2)20(16-17)26-3;/h6-7,16,18H,4-5,8-15H2,1-3H3,(H2,22,23,24);1H. The molecule has 1 heterocycles. The summed E-state index contributed by atoms with van der Waals surface area (Å²) in [5.74, 6) is 2.34. The van der Waals surface area contributed by atoms with Crippen LogP contribution in [0.25, 0.3) is 0 Å². The summed E-state index contributed by atoms with van der Waals surface area (Å²) in [6.45, 7) is 6.82. The summed E-state index contributed by atoms with van der Waals surface area (Å²) < 4.78 is 21.9. The molecule has 166 valence electrons. The molecule has 1 aliphatic rings. The van der Waals surface area contributed by atoms with Gasteiger partial charge in [-0.15, -0.1) is 24.0 Å². The number of ether oxygens (including phenoxy) is 4. The molecule has 2 rings (SSSR count). The van der Waals surface area contributed by atoms with Crippen LogP contribution in [0.15, 0.2) is 23.2 Å². The van der Waals surface area contributed by atoms with Gasteiger partial charge in [0.25, 0.3) is 0 Å². The van der Waals surface area contributed by atoms with Crippen molar-refractivity contribution in [2.24, 2.45) is 4.99 Å². The van der Waals surface area contributed by atoms with Crippen molar-refractivity contribution in [3.05, 3.63) is 23.8 Å². The Kier molecular flexibility index (Phi) is 13.8. The molecule has 0 amide bonds. The van der Waals surface area contributed by atoms with E-state index in [2.05, 4.69) is 28.6 Å². The van der Waals surface area contributed by atoms with E-state index >= 15 is 0 Å². The van der Waals surface area contributed by atoms with Crippen molar-refractivity contribution in [1.82, 2.24) is 10.6 Å². The lowest BCUT2D eigenvalue weighted by Crippen LogP contribution is -2.38. The third kappa shape index (κ3) is 9.86. The van der Waals surface area contributed by atoms with Crippen LogP contribution in [0.1, 0.15) is 31.7 Å². The van der Waals surface area contributed by atoms with Gasteiger partial charge in [-0.05, 0) is 50.3 Å². The van der Waals surface area contributed by atoms with Crippen LogP contribution < -0.4 is 20.1 Å². The Bertz CT molecular complexity index is 595. The van der Waals surface area contributed by atoms with Crippen molar-refractivity contribution >= 4 is 29.9 Å². The molecule has 29 heavy (non-hydrogen) atoms. The highest BCUT2D eigenvalue weighted by molar-refractivity contribution is 14.0. The van der Waals surface area contributed by atoms with Crippen LogP contribution in [-0.4, -0.2) is 65.7 Å². The van der Waals surface area contributed by atoms with Crippen LogP contribution in [0, 0.1) is 0 Å². The highest BCUT2D eigenvalue weighted by atomic mass is 127. The Hall–Kier alpha value is -1.26. The second-order valence-electron chi connectivity index (χ2n) is 6.66. The van der Waals surface area contributed by atoms with Crippen molar-refractivity contribution in [3.8, 4) is 11.5 Å². The van der Waals surface area contributed by atoms with Crippen molar-refractivity contribution in [1.29, 1.82) is 0 Å². The lowest BCUT2D eigenvalue weighted by molar-refractivity contribution is -0.0318. The van der Waals surface area contributed by atoms with E-state index in [0.717, 1.165) is 82.6 Å². The van der Waals surface area contributed by atoms with Gasteiger partial charge >= 0.3 is 0 Å². The molecule has 0 saturated carbocycles. The molecule has 0 bridgehead atoms. The van der Waals surface area contributed by atoms with Gasteiger partial charge in [-0.1, -0.05) is 6.07 Å². The van der Waals surface area contributed by atoms with Crippen molar-refractivity contribution in [3.63, 3.8) is 0 Å². The molecular weight excluding hydrogens is 485 g/mol. The number of aliphatic imine (C=N–C) groups is 1. The number of benzene rings is 1. The summed E-state index contributed by atoms with van der Waals surface area (Å²) in [4.78, 5) is 4.63. The Morgan fingerprint density at radius 3 is 2.59 bits per heavy atom. The lowest BCUT2D eigenvalue weighted by Gasteiger charge is -2.22. The zero-order chi connectivity index (χ0) is 20.0. The van der Waals surface area contributed by atoms with Crippen LogP contribution in [0.4, 0.5) is 0 Å². The molecule has 7 nitrogen and oxygen atoms in total. The molecule has 0 spiro atoms. The smallest absolute Gasteiger partial charge is 0.191 e. The minimum atomic E-state index is 0. The minimum absolute atomic E-state index is 0. The van der Waals surface area contributed by atoms with Gasteiger partial charge in [-0.3, -0.25) is 4.99 Å². The van der Waals surface area contributed by atoms with Crippen molar-refractivity contribution in [2.75, 3.05) is 53.7 Å². The molecule has 0 aromatic heterocycles. The first-order valence-electron chi connectivity index (χ1n) is 10.2. The molecule has 0 unspecified atom stereocenters. The summed E-state index contributed by atoms with van der Waals surface area (Å²) in [7, 11) is 3.30. The molecule has 0 aliphatic carbocycles.